The highest BCUT2D eigenvalue weighted by Crippen LogP contribution is 2.34. The first-order chi connectivity index (χ1) is 9.91. The number of alkyl halides is 3. The molecule has 1 amide bonds. The molecular formula is C14H17F3N2O2. The smallest absolute Gasteiger partial charge is 0.416 e. The van der Waals surface area contributed by atoms with Gasteiger partial charge in [0.05, 0.1) is 18.7 Å². The van der Waals surface area contributed by atoms with Crippen LogP contribution in [0.5, 0.6) is 5.75 Å². The summed E-state index contributed by atoms with van der Waals surface area (Å²) in [5.74, 6) is -0.133. The molecule has 1 aliphatic rings. The summed E-state index contributed by atoms with van der Waals surface area (Å²) in [6.45, 7) is 0.601. The maximum absolute atomic E-state index is 13.0. The fourth-order valence-electron chi connectivity index (χ4n) is 2.31. The Labute approximate surface area is 120 Å². The number of nitrogens with one attached hydrogen (secondary N) is 2. The van der Waals surface area contributed by atoms with Gasteiger partial charge < -0.3 is 15.4 Å². The van der Waals surface area contributed by atoms with Gasteiger partial charge in [-0.15, -0.1) is 0 Å². The second kappa shape index (κ2) is 6.34. The second-order valence-corrected chi connectivity index (χ2v) is 4.89. The molecule has 1 heterocycles. The molecule has 1 fully saturated rings. The van der Waals surface area contributed by atoms with E-state index in [1.807, 2.05) is 0 Å². The van der Waals surface area contributed by atoms with Crippen LogP contribution in [-0.4, -0.2) is 25.6 Å². The van der Waals surface area contributed by atoms with Crippen molar-refractivity contribution in [1.29, 1.82) is 0 Å². The molecule has 0 aromatic heterocycles. The normalized spacial score (nSPS) is 18.6. The molecule has 2 rings (SSSR count). The van der Waals surface area contributed by atoms with E-state index >= 15 is 0 Å². The van der Waals surface area contributed by atoms with E-state index in [1.54, 1.807) is 0 Å². The van der Waals surface area contributed by atoms with Crippen molar-refractivity contribution in [3.8, 4) is 5.75 Å². The van der Waals surface area contributed by atoms with E-state index in [4.69, 9.17) is 4.74 Å². The number of hydrogen-bond acceptors (Lipinski definition) is 3. The molecule has 0 bridgehead atoms. The minimum Gasteiger partial charge on any atom is -0.497 e. The first-order valence-electron chi connectivity index (χ1n) is 6.67. The van der Waals surface area contributed by atoms with Crippen LogP contribution < -0.4 is 15.4 Å². The van der Waals surface area contributed by atoms with Gasteiger partial charge in [0.15, 0.2) is 0 Å². The monoisotopic (exact) mass is 302 g/mol. The van der Waals surface area contributed by atoms with Crippen LogP contribution in [0.4, 0.5) is 13.2 Å². The lowest BCUT2D eigenvalue weighted by Crippen LogP contribution is -2.40. The summed E-state index contributed by atoms with van der Waals surface area (Å²) in [5, 5.41) is 5.55. The SMILES string of the molecule is COc1ccc(CNC(=O)C2CCCN2)c(C(F)(F)F)c1. The number of carbonyl (C=O) groups excluding carboxylic acids is 1. The second-order valence-electron chi connectivity index (χ2n) is 4.89. The first kappa shape index (κ1) is 15.6. The lowest BCUT2D eigenvalue weighted by Gasteiger charge is -2.16. The molecule has 1 aromatic carbocycles. The predicted molar refractivity (Wildman–Crippen MR) is 70.9 cm³/mol. The van der Waals surface area contributed by atoms with E-state index < -0.39 is 11.7 Å². The molecule has 1 saturated heterocycles. The number of rotatable bonds is 4. The third-order valence-corrected chi connectivity index (χ3v) is 3.45. The van der Waals surface area contributed by atoms with Crippen molar-refractivity contribution >= 4 is 5.91 Å². The number of hydrogen-bond donors (Lipinski definition) is 2. The fourth-order valence-corrected chi connectivity index (χ4v) is 2.31. The highest BCUT2D eigenvalue weighted by atomic mass is 19.4. The zero-order valence-corrected chi connectivity index (χ0v) is 11.6. The van der Waals surface area contributed by atoms with Gasteiger partial charge in [-0.1, -0.05) is 6.07 Å². The summed E-state index contributed by atoms with van der Waals surface area (Å²) >= 11 is 0. The van der Waals surface area contributed by atoms with Gasteiger partial charge in [0, 0.05) is 6.54 Å². The van der Waals surface area contributed by atoms with Crippen LogP contribution in [0.3, 0.4) is 0 Å². The summed E-state index contributed by atoms with van der Waals surface area (Å²) in [6.07, 6.45) is -2.88. The van der Waals surface area contributed by atoms with Crippen molar-refractivity contribution in [2.24, 2.45) is 0 Å². The van der Waals surface area contributed by atoms with Crippen molar-refractivity contribution in [1.82, 2.24) is 10.6 Å². The van der Waals surface area contributed by atoms with Crippen LogP contribution in [0.25, 0.3) is 0 Å². The van der Waals surface area contributed by atoms with Gasteiger partial charge in [-0.05, 0) is 37.1 Å². The third kappa shape index (κ3) is 3.87. The Hall–Kier alpha value is -1.76. The molecule has 4 nitrogen and oxygen atoms in total. The van der Waals surface area contributed by atoms with Crippen LogP contribution in [0.2, 0.25) is 0 Å². The molecular weight excluding hydrogens is 285 g/mol. The molecule has 0 saturated carbocycles. The number of methoxy groups -OCH3 is 1. The standard InChI is InChI=1S/C14H17F3N2O2/c1-21-10-5-4-9(11(7-10)14(15,16)17)8-19-13(20)12-3-2-6-18-12/h4-5,7,12,18H,2-3,6,8H2,1H3,(H,19,20). The maximum atomic E-state index is 13.0. The maximum Gasteiger partial charge on any atom is 0.416 e. The Morgan fingerprint density at radius 2 is 2.24 bits per heavy atom. The summed E-state index contributed by atoms with van der Waals surface area (Å²) < 4.78 is 43.8. The Bertz CT molecular complexity index is 511. The van der Waals surface area contributed by atoms with Crippen molar-refractivity contribution in [2.45, 2.75) is 31.6 Å². The van der Waals surface area contributed by atoms with E-state index in [-0.39, 0.29) is 29.8 Å². The summed E-state index contributed by atoms with van der Waals surface area (Å²) in [6, 6.07) is 3.40. The Morgan fingerprint density at radius 1 is 1.48 bits per heavy atom. The van der Waals surface area contributed by atoms with Crippen LogP contribution in [0.1, 0.15) is 24.0 Å². The highest BCUT2D eigenvalue weighted by Gasteiger charge is 2.34. The highest BCUT2D eigenvalue weighted by molar-refractivity contribution is 5.82. The quantitative estimate of drug-likeness (QED) is 0.895. The van der Waals surface area contributed by atoms with Crippen LogP contribution >= 0.6 is 0 Å². The third-order valence-electron chi connectivity index (χ3n) is 3.45. The molecule has 0 radical (unpaired) electrons. The van der Waals surface area contributed by atoms with E-state index in [2.05, 4.69) is 10.6 Å². The topological polar surface area (TPSA) is 50.4 Å². The van der Waals surface area contributed by atoms with Crippen LogP contribution in [0.15, 0.2) is 18.2 Å². The van der Waals surface area contributed by atoms with Crippen molar-refractivity contribution in [2.75, 3.05) is 13.7 Å². The Balaban J connectivity index is 2.10. The molecule has 21 heavy (non-hydrogen) atoms. The number of benzene rings is 1. The average molecular weight is 302 g/mol. The number of amides is 1. The van der Waals surface area contributed by atoms with E-state index in [0.717, 1.165) is 19.0 Å². The Kier molecular flexibility index (Phi) is 4.72. The molecule has 0 spiro atoms. The first-order valence-corrected chi connectivity index (χ1v) is 6.67. The molecule has 1 aliphatic heterocycles. The molecule has 116 valence electrons. The lowest BCUT2D eigenvalue weighted by molar-refractivity contribution is -0.138. The lowest BCUT2D eigenvalue weighted by atomic mass is 10.1. The van der Waals surface area contributed by atoms with E-state index in [1.165, 1.54) is 19.2 Å². The minimum atomic E-state index is -4.49. The zero-order valence-electron chi connectivity index (χ0n) is 11.6. The largest absolute Gasteiger partial charge is 0.497 e. The van der Waals surface area contributed by atoms with E-state index in [9.17, 15) is 18.0 Å². The number of carbonyl (C=O) groups is 1. The Morgan fingerprint density at radius 3 is 2.81 bits per heavy atom. The molecule has 0 aliphatic carbocycles. The molecule has 1 unspecified atom stereocenters. The van der Waals surface area contributed by atoms with Gasteiger partial charge in [0.2, 0.25) is 5.91 Å². The molecule has 1 atom stereocenters. The van der Waals surface area contributed by atoms with Crippen molar-refractivity contribution < 1.29 is 22.7 Å². The van der Waals surface area contributed by atoms with Gasteiger partial charge in [0.25, 0.3) is 0 Å². The number of halogens is 3. The summed E-state index contributed by atoms with van der Waals surface area (Å²) in [5.41, 5.74) is -0.767. The number of ether oxygens (including phenoxy) is 1. The summed E-state index contributed by atoms with van der Waals surface area (Å²) in [4.78, 5) is 11.8. The molecule has 2 N–H and O–H groups in total. The van der Waals surface area contributed by atoms with Crippen molar-refractivity contribution in [3.05, 3.63) is 29.3 Å². The zero-order chi connectivity index (χ0) is 15.5. The minimum absolute atomic E-state index is 0.0228. The molecule has 1 aromatic rings. The van der Waals surface area contributed by atoms with Crippen LogP contribution in [-0.2, 0) is 17.5 Å². The van der Waals surface area contributed by atoms with Crippen molar-refractivity contribution in [3.63, 3.8) is 0 Å². The summed E-state index contributed by atoms with van der Waals surface area (Å²) in [7, 11) is 1.31. The molecule has 7 heteroatoms. The van der Waals surface area contributed by atoms with Gasteiger partial charge in [-0.3, -0.25) is 4.79 Å². The van der Waals surface area contributed by atoms with Crippen LogP contribution in [0, 0.1) is 0 Å². The van der Waals surface area contributed by atoms with Gasteiger partial charge >= 0.3 is 6.18 Å². The fraction of sp³-hybridized carbons (Fsp3) is 0.500. The van der Waals surface area contributed by atoms with Gasteiger partial charge in [0.1, 0.15) is 5.75 Å². The average Bonchev–Trinajstić information content (AvgIpc) is 2.97. The van der Waals surface area contributed by atoms with Gasteiger partial charge in [-0.25, -0.2) is 0 Å². The van der Waals surface area contributed by atoms with E-state index in [0.29, 0.717) is 6.42 Å². The van der Waals surface area contributed by atoms with Gasteiger partial charge in [-0.2, -0.15) is 13.2 Å². The predicted octanol–water partition coefficient (Wildman–Crippen LogP) is 2.08.